The molecule has 1 saturated heterocycles. The Morgan fingerprint density at radius 2 is 0.831 bits per heavy atom. The number of hydrogen-bond donors (Lipinski definition) is 3. The first-order valence-corrected chi connectivity index (χ1v) is 23.1. The van der Waals surface area contributed by atoms with E-state index >= 15 is 0 Å². The number of H-pyrrole nitrogens is 1. The summed E-state index contributed by atoms with van der Waals surface area (Å²) in [6.45, 7) is 37.3. The molecule has 0 radical (unpaired) electrons. The van der Waals surface area contributed by atoms with Crippen LogP contribution in [0.5, 0.6) is 0 Å². The van der Waals surface area contributed by atoms with Gasteiger partial charge in [0.25, 0.3) is 0 Å². The van der Waals surface area contributed by atoms with Crippen molar-refractivity contribution in [2.24, 2.45) is 0 Å². The quantitative estimate of drug-likeness (QED) is 0.0619. The molecule has 344 valence electrons. The number of nitrogens with one attached hydrogen (secondary N) is 3. The smallest absolute Gasteiger partial charge is 1.00 e. The number of hydrogen-bond acceptors (Lipinski definition) is 1. The number of aromatic amines is 1. The molecular formula is C55H85BMg2N6O+4. The summed E-state index contributed by atoms with van der Waals surface area (Å²) in [5, 5.41) is 12.2. The van der Waals surface area contributed by atoms with E-state index in [0.717, 1.165) is 47.7 Å². The first-order chi connectivity index (χ1) is 29.8. The number of allylic oxidation sites excluding steroid dienone is 4. The maximum Gasteiger partial charge on any atom is 2.00 e. The van der Waals surface area contributed by atoms with Crippen molar-refractivity contribution in [3.63, 3.8) is 0 Å². The minimum absolute atomic E-state index is 0. The van der Waals surface area contributed by atoms with Gasteiger partial charge in [-0.3, -0.25) is 0 Å². The molecule has 0 aliphatic carbocycles. The van der Waals surface area contributed by atoms with Gasteiger partial charge in [0.15, 0.2) is 19.4 Å². The molecule has 1 aliphatic heterocycles. The predicted octanol–water partition coefficient (Wildman–Crippen LogP) is 10.1. The number of benzene rings is 3. The topological polar surface area (TPSA) is 96.1 Å². The normalized spacial score (nSPS) is 13.4. The van der Waals surface area contributed by atoms with Gasteiger partial charge in [-0.15, -0.1) is 0 Å². The third-order valence-electron chi connectivity index (χ3n) is 10.8. The summed E-state index contributed by atoms with van der Waals surface area (Å²) < 4.78 is 4.94. The second kappa shape index (κ2) is 30.2. The predicted molar refractivity (Wildman–Crippen MR) is 287 cm³/mol. The average molecular weight is 906 g/mol. The molecule has 2 heterocycles. The van der Waals surface area contributed by atoms with Gasteiger partial charge in [-0.25, -0.2) is 9.98 Å². The van der Waals surface area contributed by atoms with Gasteiger partial charge >= 0.3 is 46.1 Å². The Bertz CT molecular complexity index is 1990. The van der Waals surface area contributed by atoms with Crippen molar-refractivity contribution in [3.05, 3.63) is 140 Å². The van der Waals surface area contributed by atoms with Crippen LogP contribution in [0.1, 0.15) is 194 Å². The first kappa shape index (κ1) is 59.8. The van der Waals surface area contributed by atoms with Gasteiger partial charge in [0.05, 0.1) is 5.69 Å². The molecule has 65 heavy (non-hydrogen) atoms. The molecule has 0 saturated carbocycles. The number of para-hydroxylation sites is 2. The second-order valence-electron chi connectivity index (χ2n) is 18.6. The summed E-state index contributed by atoms with van der Waals surface area (Å²) in [5.74, 6) is 4.56. The second-order valence-corrected chi connectivity index (χ2v) is 18.6. The minimum Gasteiger partial charge on any atom is -1.00 e. The first-order valence-electron chi connectivity index (χ1n) is 23.1. The molecule has 5 N–H and O–H groups in total. The van der Waals surface area contributed by atoms with Crippen LogP contribution >= 0.6 is 0 Å². The number of ether oxygens (including phenoxy) is 1. The van der Waals surface area contributed by atoms with Gasteiger partial charge in [0, 0.05) is 84.2 Å². The average Bonchev–Trinajstić information content (AvgIpc) is 3.81. The van der Waals surface area contributed by atoms with E-state index in [0.29, 0.717) is 43.5 Å². The molecule has 7 nitrogen and oxygen atoms in total. The molecule has 10 heteroatoms. The molecule has 3 aromatic carbocycles. The molecule has 0 atom stereocenters. The number of nitrogens with two attached hydrogens (primary N) is 1. The number of pyridine rings is 1. The monoisotopic (exact) mass is 905 g/mol. The van der Waals surface area contributed by atoms with Gasteiger partial charge in [-0.1, -0.05) is 156 Å². The zero-order valence-electron chi connectivity index (χ0n) is 43.7. The third-order valence-corrected chi connectivity index (χ3v) is 10.8. The molecule has 1 aliphatic rings. The third kappa shape index (κ3) is 19.5. The summed E-state index contributed by atoms with van der Waals surface area (Å²) in [4.78, 5) is 10.7. The fourth-order valence-electron chi connectivity index (χ4n) is 7.62. The Kier molecular flexibility index (Phi) is 27.8. The fraction of sp³-hybridized carbons (Fsp3) is 0.473. The molecule has 0 unspecified atom stereocenters. The Labute approximate surface area is 430 Å². The molecule has 1 fully saturated rings. The van der Waals surface area contributed by atoms with E-state index in [1.54, 1.807) is 5.69 Å². The van der Waals surface area contributed by atoms with E-state index in [9.17, 15) is 0 Å². The van der Waals surface area contributed by atoms with E-state index in [4.69, 9.17) is 15.4 Å². The zero-order valence-corrected chi connectivity index (χ0v) is 45.5. The SMILES string of the molecule is C1CCOC1.CC(/C=C(/C)[N-]c1cccc([N-]/C(C)=C\C(C)=[NH+]c2c(C(C)C)cccc2C(C)C)[nH+]1)=[NH+]c1c(C(C)C)cccc1C(C)C.[BH3-][NH2+]c1c(C(C)C)cccc1C(C)C.[H-].[Mg+2].[Mg+2]. The van der Waals surface area contributed by atoms with Gasteiger partial charge in [-0.05, 0) is 73.6 Å². The van der Waals surface area contributed by atoms with Crippen LogP contribution in [0.2, 0.25) is 0 Å². The van der Waals surface area contributed by atoms with Crippen LogP contribution in [-0.4, -0.2) is 78.7 Å². The molecule has 4 aromatic rings. The summed E-state index contributed by atoms with van der Waals surface area (Å²) in [6.07, 6.45) is 6.74. The fourth-order valence-corrected chi connectivity index (χ4v) is 7.62. The van der Waals surface area contributed by atoms with Crippen LogP contribution in [0.15, 0.2) is 96.3 Å². The van der Waals surface area contributed by atoms with Crippen LogP contribution in [0, 0.1) is 0 Å². The van der Waals surface area contributed by atoms with Crippen LogP contribution < -0.4 is 20.2 Å². The summed E-state index contributed by atoms with van der Waals surface area (Å²) in [5.41, 5.74) is 16.3. The van der Waals surface area contributed by atoms with Crippen LogP contribution in [0.25, 0.3) is 10.6 Å². The van der Waals surface area contributed by atoms with Crippen molar-refractivity contribution >= 4 is 94.2 Å². The number of aromatic nitrogens is 1. The van der Waals surface area contributed by atoms with Crippen molar-refractivity contribution in [1.29, 1.82) is 0 Å². The number of quaternary nitrogens is 1. The summed E-state index contributed by atoms with van der Waals surface area (Å²) in [7, 11) is 0.347. The number of rotatable bonds is 15. The van der Waals surface area contributed by atoms with E-state index in [1.165, 1.54) is 57.6 Å². The standard InChI is InChI=1S/C39H51N5.C12H22BN.C4H8O.2Mg.H/c1-24(2)32-16-13-17-33(25(3)4)38(32)42-30(11)22-28(9)40-36-20-15-21-37(44-36)41-29(10)23-31(12)43-39-34(26(5)6)18-14-19-35(39)27(7)8;1-8(2)10-6-5-7-11(9(3)4)12(10)14-13;1-2-4-5-3-1;;;/h13-27H,1-12H3;5-9H,14H2,1-4,13H3;1-4H2;;;/q-2;;;2*+2;-1/p+3/b28-22-,29-23-,42-30?,43-31?;;;;;. The van der Waals surface area contributed by atoms with Crippen molar-refractivity contribution in [1.82, 2.24) is 0 Å². The van der Waals surface area contributed by atoms with E-state index in [-0.39, 0.29) is 47.5 Å². The largest absolute Gasteiger partial charge is 2.00 e. The molecule has 1 aromatic heterocycles. The minimum atomic E-state index is 0. The Hall–Kier alpha value is -3.25. The van der Waals surface area contributed by atoms with Crippen molar-refractivity contribution in [2.75, 3.05) is 13.2 Å². The van der Waals surface area contributed by atoms with Crippen molar-refractivity contribution < 1.29 is 26.4 Å². The van der Waals surface area contributed by atoms with Crippen LogP contribution in [-0.2, 0) is 4.74 Å². The molecule has 0 spiro atoms. The van der Waals surface area contributed by atoms with Crippen molar-refractivity contribution in [3.8, 4) is 0 Å². The van der Waals surface area contributed by atoms with Gasteiger partial charge < -0.3 is 27.0 Å². The molecule has 0 amide bonds. The van der Waals surface area contributed by atoms with Crippen molar-refractivity contribution in [2.45, 2.75) is 159 Å². The summed E-state index contributed by atoms with van der Waals surface area (Å²) >= 11 is 0. The van der Waals surface area contributed by atoms with E-state index < -0.39 is 0 Å². The van der Waals surface area contributed by atoms with Gasteiger partial charge in [-0.2, -0.15) is 0 Å². The molecule has 0 bridgehead atoms. The maximum absolute atomic E-state index is 4.94. The van der Waals surface area contributed by atoms with Gasteiger partial charge in [0.2, 0.25) is 11.4 Å². The Morgan fingerprint density at radius 1 is 0.538 bits per heavy atom. The van der Waals surface area contributed by atoms with E-state index in [1.807, 2.05) is 32.0 Å². The summed E-state index contributed by atoms with van der Waals surface area (Å²) in [6, 6.07) is 25.9. The zero-order chi connectivity index (χ0) is 46.8. The molecular weight excluding hydrogens is 820 g/mol. The van der Waals surface area contributed by atoms with Crippen LogP contribution in [0.4, 0.5) is 28.7 Å². The Morgan fingerprint density at radius 3 is 1.09 bits per heavy atom. The number of nitrogens with zero attached hydrogens (tertiary/aromatic N) is 2. The molecule has 5 rings (SSSR count). The maximum atomic E-state index is 4.94. The Balaban J connectivity index is 0.00000159. The van der Waals surface area contributed by atoms with E-state index in [2.05, 4.69) is 184 Å². The van der Waals surface area contributed by atoms with Crippen LogP contribution in [0.3, 0.4) is 0 Å². The van der Waals surface area contributed by atoms with Gasteiger partial charge in [0.1, 0.15) is 0 Å².